The lowest BCUT2D eigenvalue weighted by atomic mass is 10.2. The molecule has 0 fully saturated rings. The van der Waals surface area contributed by atoms with E-state index >= 15 is 0 Å². The summed E-state index contributed by atoms with van der Waals surface area (Å²) in [5.74, 6) is 0.0924. The van der Waals surface area contributed by atoms with Crippen molar-refractivity contribution in [2.45, 2.75) is 0 Å². The Morgan fingerprint density at radius 1 is 1.41 bits per heavy atom. The van der Waals surface area contributed by atoms with Gasteiger partial charge in [-0.2, -0.15) is 10.2 Å². The summed E-state index contributed by atoms with van der Waals surface area (Å²) in [6, 6.07) is 7.37. The normalized spacial score (nSPS) is 9.82. The number of hydrogen-bond donors (Lipinski definition) is 1. The number of non-ortho nitro benzene ring substituents is 1. The molecule has 84 valence electrons. The average molecular weight is 230 g/mol. The SMILES string of the molecule is N#Cc1nc(-c2ccc([N+](=O)[O-])cc2)oc1N. The van der Waals surface area contributed by atoms with Gasteiger partial charge in [0.2, 0.25) is 17.5 Å². The van der Waals surface area contributed by atoms with Gasteiger partial charge in [-0.1, -0.05) is 0 Å². The van der Waals surface area contributed by atoms with E-state index in [2.05, 4.69) is 4.98 Å². The summed E-state index contributed by atoms with van der Waals surface area (Å²) in [6.45, 7) is 0. The second-order valence-corrected chi connectivity index (χ2v) is 3.15. The second kappa shape index (κ2) is 3.94. The number of aromatic nitrogens is 1. The number of nitrogens with two attached hydrogens (primary N) is 1. The molecule has 0 amide bonds. The summed E-state index contributed by atoms with van der Waals surface area (Å²) in [4.78, 5) is 13.8. The molecule has 1 heterocycles. The molecule has 0 unspecified atom stereocenters. The van der Waals surface area contributed by atoms with E-state index in [0.29, 0.717) is 5.56 Å². The minimum absolute atomic E-state index is 0.00153. The number of anilines is 1. The first-order chi connectivity index (χ1) is 8.11. The van der Waals surface area contributed by atoms with Crippen LogP contribution in [0.15, 0.2) is 28.7 Å². The zero-order valence-corrected chi connectivity index (χ0v) is 8.45. The number of nitrogens with zero attached hydrogens (tertiary/aromatic N) is 3. The Hall–Kier alpha value is -2.88. The first-order valence-corrected chi connectivity index (χ1v) is 4.53. The van der Waals surface area contributed by atoms with E-state index in [4.69, 9.17) is 15.4 Å². The lowest BCUT2D eigenvalue weighted by molar-refractivity contribution is -0.384. The molecule has 2 N–H and O–H groups in total. The Morgan fingerprint density at radius 3 is 2.53 bits per heavy atom. The van der Waals surface area contributed by atoms with E-state index in [1.165, 1.54) is 24.3 Å². The number of nitriles is 1. The molecule has 0 spiro atoms. The van der Waals surface area contributed by atoms with Crippen LogP contribution in [0.2, 0.25) is 0 Å². The van der Waals surface area contributed by atoms with Crippen LogP contribution in [0.4, 0.5) is 11.6 Å². The molecule has 1 aromatic heterocycles. The van der Waals surface area contributed by atoms with Gasteiger partial charge in [0.05, 0.1) is 4.92 Å². The van der Waals surface area contributed by atoms with Crippen molar-refractivity contribution >= 4 is 11.6 Å². The van der Waals surface area contributed by atoms with Crippen LogP contribution in [0.5, 0.6) is 0 Å². The largest absolute Gasteiger partial charge is 0.419 e. The smallest absolute Gasteiger partial charge is 0.269 e. The number of nitrogen functional groups attached to an aromatic ring is 1. The molecule has 7 heteroatoms. The zero-order chi connectivity index (χ0) is 12.4. The number of nitro groups is 1. The number of oxazole rings is 1. The predicted octanol–water partition coefficient (Wildman–Crippen LogP) is 1.70. The van der Waals surface area contributed by atoms with Gasteiger partial charge in [0.25, 0.3) is 5.69 Å². The second-order valence-electron chi connectivity index (χ2n) is 3.15. The van der Waals surface area contributed by atoms with Gasteiger partial charge in [0.15, 0.2) is 0 Å². The third-order valence-corrected chi connectivity index (χ3v) is 2.08. The first kappa shape index (κ1) is 10.6. The highest BCUT2D eigenvalue weighted by Crippen LogP contribution is 2.24. The Morgan fingerprint density at radius 2 is 2.06 bits per heavy atom. The third kappa shape index (κ3) is 1.91. The lowest BCUT2D eigenvalue weighted by Gasteiger charge is -1.94. The monoisotopic (exact) mass is 230 g/mol. The molecule has 0 radical (unpaired) electrons. The topological polar surface area (TPSA) is 119 Å². The van der Waals surface area contributed by atoms with Crippen molar-refractivity contribution in [2.75, 3.05) is 5.73 Å². The van der Waals surface area contributed by atoms with Crippen LogP contribution in [0.1, 0.15) is 5.69 Å². The van der Waals surface area contributed by atoms with E-state index < -0.39 is 4.92 Å². The van der Waals surface area contributed by atoms with Crippen molar-refractivity contribution in [1.29, 1.82) is 5.26 Å². The van der Waals surface area contributed by atoms with Crippen molar-refractivity contribution in [3.05, 3.63) is 40.1 Å². The molecular weight excluding hydrogens is 224 g/mol. The van der Waals surface area contributed by atoms with E-state index in [9.17, 15) is 10.1 Å². The lowest BCUT2D eigenvalue weighted by Crippen LogP contribution is -1.87. The maximum Gasteiger partial charge on any atom is 0.269 e. The minimum atomic E-state index is -0.506. The Balaban J connectivity index is 2.40. The van der Waals surface area contributed by atoms with E-state index in [-0.39, 0.29) is 23.2 Å². The quantitative estimate of drug-likeness (QED) is 0.619. The van der Waals surface area contributed by atoms with Gasteiger partial charge in [0, 0.05) is 17.7 Å². The Kier molecular flexibility index (Phi) is 2.46. The molecule has 1 aromatic carbocycles. The van der Waals surface area contributed by atoms with Crippen molar-refractivity contribution in [2.24, 2.45) is 0 Å². The first-order valence-electron chi connectivity index (χ1n) is 4.53. The number of hydrogen-bond acceptors (Lipinski definition) is 6. The predicted molar refractivity (Wildman–Crippen MR) is 57.7 cm³/mol. The van der Waals surface area contributed by atoms with E-state index in [0.717, 1.165) is 0 Å². The molecule has 7 nitrogen and oxygen atoms in total. The fraction of sp³-hybridized carbons (Fsp3) is 0. The summed E-state index contributed by atoms with van der Waals surface area (Å²) in [5, 5.41) is 19.1. The fourth-order valence-electron chi connectivity index (χ4n) is 1.26. The molecule has 0 atom stereocenters. The van der Waals surface area contributed by atoms with Gasteiger partial charge in [-0.05, 0) is 12.1 Å². The van der Waals surface area contributed by atoms with Gasteiger partial charge in [-0.3, -0.25) is 10.1 Å². The highest BCUT2D eigenvalue weighted by molar-refractivity contribution is 5.59. The van der Waals surface area contributed by atoms with Gasteiger partial charge < -0.3 is 10.2 Å². The maximum atomic E-state index is 10.5. The summed E-state index contributed by atoms with van der Waals surface area (Å²) >= 11 is 0. The highest BCUT2D eigenvalue weighted by Gasteiger charge is 2.12. The summed E-state index contributed by atoms with van der Waals surface area (Å²) < 4.78 is 5.07. The van der Waals surface area contributed by atoms with Gasteiger partial charge in [-0.15, -0.1) is 0 Å². The molecule has 0 saturated carbocycles. The number of rotatable bonds is 2. The Labute approximate surface area is 95.3 Å². The molecule has 17 heavy (non-hydrogen) atoms. The summed E-state index contributed by atoms with van der Waals surface area (Å²) in [6.07, 6.45) is 0. The maximum absolute atomic E-state index is 10.5. The zero-order valence-electron chi connectivity index (χ0n) is 8.45. The third-order valence-electron chi connectivity index (χ3n) is 2.08. The molecule has 0 saturated heterocycles. The number of nitro benzene ring substituents is 1. The van der Waals surface area contributed by atoms with Crippen molar-refractivity contribution < 1.29 is 9.34 Å². The molecular formula is C10H6N4O3. The van der Waals surface area contributed by atoms with Crippen molar-refractivity contribution in [3.63, 3.8) is 0 Å². The minimum Gasteiger partial charge on any atom is -0.419 e. The fourth-order valence-corrected chi connectivity index (χ4v) is 1.26. The van der Waals surface area contributed by atoms with Crippen LogP contribution in [0.3, 0.4) is 0 Å². The molecule has 2 rings (SSSR count). The average Bonchev–Trinajstić information content (AvgIpc) is 2.70. The van der Waals surface area contributed by atoms with Crippen LogP contribution in [-0.4, -0.2) is 9.91 Å². The molecule has 0 aliphatic heterocycles. The van der Waals surface area contributed by atoms with E-state index in [1.807, 2.05) is 0 Å². The molecule has 2 aromatic rings. The van der Waals surface area contributed by atoms with Crippen LogP contribution in [0, 0.1) is 21.4 Å². The van der Waals surface area contributed by atoms with Gasteiger partial charge in [0.1, 0.15) is 6.07 Å². The standard InChI is InChI=1S/C10H6N4O3/c11-5-8-9(12)17-10(13-8)6-1-3-7(4-2-6)14(15)16/h1-4H,12H2. The number of benzene rings is 1. The molecule has 0 aliphatic carbocycles. The van der Waals surface area contributed by atoms with Crippen molar-refractivity contribution in [3.8, 4) is 17.5 Å². The van der Waals surface area contributed by atoms with Crippen LogP contribution in [0.25, 0.3) is 11.5 Å². The molecule has 0 aliphatic rings. The van der Waals surface area contributed by atoms with Crippen molar-refractivity contribution in [1.82, 2.24) is 4.98 Å². The summed E-state index contributed by atoms with van der Waals surface area (Å²) in [7, 11) is 0. The van der Waals surface area contributed by atoms with Crippen LogP contribution in [-0.2, 0) is 0 Å². The van der Waals surface area contributed by atoms with E-state index in [1.54, 1.807) is 6.07 Å². The summed E-state index contributed by atoms with van der Waals surface area (Å²) in [5.41, 5.74) is 5.89. The van der Waals surface area contributed by atoms with Gasteiger partial charge in [-0.25, -0.2) is 0 Å². The van der Waals surface area contributed by atoms with Crippen LogP contribution < -0.4 is 5.73 Å². The Bertz CT molecular complexity index is 609. The van der Waals surface area contributed by atoms with Gasteiger partial charge >= 0.3 is 0 Å². The highest BCUT2D eigenvalue weighted by atomic mass is 16.6. The van der Waals surface area contributed by atoms with Crippen LogP contribution >= 0.6 is 0 Å². The molecule has 0 bridgehead atoms.